The molecule has 0 atom stereocenters. The van der Waals surface area contributed by atoms with Crippen LogP contribution in [0.3, 0.4) is 0 Å². The lowest BCUT2D eigenvalue weighted by atomic mass is 10.1. The van der Waals surface area contributed by atoms with Crippen LogP contribution in [0.4, 0.5) is 17.1 Å². The molecule has 2 aromatic rings. The van der Waals surface area contributed by atoms with Crippen LogP contribution in [0.25, 0.3) is 0 Å². The number of rotatable bonds is 2. The summed E-state index contributed by atoms with van der Waals surface area (Å²) in [6, 6.07) is 12.3. The number of amides is 1. The minimum atomic E-state index is -1.03. The third-order valence-corrected chi connectivity index (χ3v) is 3.74. The SMILES string of the molecule is O=C1CN(c2ccc(Br)cc2C(=O)O)c2ccccc2N1. The second kappa shape index (κ2) is 5.21. The quantitative estimate of drug-likeness (QED) is 0.875. The minimum Gasteiger partial charge on any atom is -0.478 e. The summed E-state index contributed by atoms with van der Waals surface area (Å²) in [7, 11) is 0. The Morgan fingerprint density at radius 3 is 2.71 bits per heavy atom. The van der Waals surface area contributed by atoms with Crippen LogP contribution in [-0.2, 0) is 4.79 Å². The summed E-state index contributed by atoms with van der Waals surface area (Å²) < 4.78 is 0.679. The molecule has 2 N–H and O–H groups in total. The molecule has 3 rings (SSSR count). The number of anilines is 3. The van der Waals surface area contributed by atoms with Crippen LogP contribution in [0.15, 0.2) is 46.9 Å². The molecule has 1 aliphatic rings. The standard InChI is InChI=1S/C15H11BrN2O3/c16-9-5-6-12(10(7-9)15(20)21)18-8-14(19)17-11-3-1-2-4-13(11)18/h1-7H,8H2,(H,17,19)(H,20,21). The average molecular weight is 347 g/mol. The molecule has 0 bridgehead atoms. The number of nitrogens with zero attached hydrogens (tertiary/aromatic N) is 1. The normalized spacial score (nSPS) is 13.6. The molecule has 0 fully saturated rings. The average Bonchev–Trinajstić information content (AvgIpc) is 2.46. The smallest absolute Gasteiger partial charge is 0.337 e. The molecule has 6 heteroatoms. The number of hydrogen-bond acceptors (Lipinski definition) is 3. The lowest BCUT2D eigenvalue weighted by Crippen LogP contribution is -2.35. The first kappa shape index (κ1) is 13.6. The maximum Gasteiger partial charge on any atom is 0.337 e. The van der Waals surface area contributed by atoms with E-state index in [0.29, 0.717) is 15.8 Å². The molecule has 2 aromatic carbocycles. The van der Waals surface area contributed by atoms with Gasteiger partial charge >= 0.3 is 5.97 Å². The molecule has 0 radical (unpaired) electrons. The molecule has 106 valence electrons. The van der Waals surface area contributed by atoms with Crippen LogP contribution in [0.5, 0.6) is 0 Å². The lowest BCUT2D eigenvalue weighted by Gasteiger charge is -2.31. The van der Waals surface area contributed by atoms with Gasteiger partial charge < -0.3 is 15.3 Å². The van der Waals surface area contributed by atoms with Gasteiger partial charge in [-0.1, -0.05) is 28.1 Å². The molecule has 1 amide bonds. The lowest BCUT2D eigenvalue weighted by molar-refractivity contribution is -0.115. The summed E-state index contributed by atoms with van der Waals surface area (Å²) in [6.07, 6.45) is 0. The van der Waals surface area contributed by atoms with Crippen LogP contribution in [0.2, 0.25) is 0 Å². The highest BCUT2D eigenvalue weighted by Crippen LogP contribution is 2.37. The summed E-state index contributed by atoms with van der Waals surface area (Å²) in [5, 5.41) is 12.2. The summed E-state index contributed by atoms with van der Waals surface area (Å²) in [6.45, 7) is 0.0823. The number of carboxylic acids is 1. The van der Waals surface area contributed by atoms with Gasteiger partial charge in [0.05, 0.1) is 22.6 Å². The molecule has 5 nitrogen and oxygen atoms in total. The number of benzene rings is 2. The van der Waals surface area contributed by atoms with E-state index in [1.807, 2.05) is 18.2 Å². The maximum absolute atomic E-state index is 11.8. The van der Waals surface area contributed by atoms with E-state index in [1.54, 1.807) is 23.1 Å². The van der Waals surface area contributed by atoms with E-state index < -0.39 is 5.97 Å². The van der Waals surface area contributed by atoms with Crippen molar-refractivity contribution < 1.29 is 14.7 Å². The van der Waals surface area contributed by atoms with Gasteiger partial charge in [-0.05, 0) is 30.3 Å². The monoisotopic (exact) mass is 346 g/mol. The van der Waals surface area contributed by atoms with Gasteiger partial charge in [0.15, 0.2) is 0 Å². The Hall–Kier alpha value is -2.34. The van der Waals surface area contributed by atoms with Gasteiger partial charge in [0, 0.05) is 4.47 Å². The number of para-hydroxylation sites is 2. The van der Waals surface area contributed by atoms with Crippen molar-refractivity contribution in [2.75, 3.05) is 16.8 Å². The molecule has 0 unspecified atom stereocenters. The van der Waals surface area contributed by atoms with E-state index in [0.717, 1.165) is 5.69 Å². The predicted molar refractivity (Wildman–Crippen MR) is 83.2 cm³/mol. The molecule has 1 heterocycles. The van der Waals surface area contributed by atoms with Crippen molar-refractivity contribution in [2.24, 2.45) is 0 Å². The van der Waals surface area contributed by atoms with Crippen LogP contribution in [0, 0.1) is 0 Å². The first-order valence-electron chi connectivity index (χ1n) is 6.25. The summed E-state index contributed by atoms with van der Waals surface area (Å²) in [5.74, 6) is -1.21. The van der Waals surface area contributed by atoms with E-state index in [9.17, 15) is 14.7 Å². The fourth-order valence-corrected chi connectivity index (χ4v) is 2.72. The Labute approximate surface area is 129 Å². The molecule has 21 heavy (non-hydrogen) atoms. The number of carbonyl (C=O) groups excluding carboxylic acids is 1. The second-order valence-electron chi connectivity index (χ2n) is 4.62. The third kappa shape index (κ3) is 2.50. The molecule has 0 saturated heterocycles. The van der Waals surface area contributed by atoms with Crippen molar-refractivity contribution in [2.45, 2.75) is 0 Å². The number of carboxylic acid groups (broad SMARTS) is 1. The van der Waals surface area contributed by atoms with Gasteiger partial charge in [-0.2, -0.15) is 0 Å². The Morgan fingerprint density at radius 2 is 1.95 bits per heavy atom. The number of fused-ring (bicyclic) bond motifs is 1. The van der Waals surface area contributed by atoms with Gasteiger partial charge in [-0.25, -0.2) is 4.79 Å². The zero-order chi connectivity index (χ0) is 15.0. The third-order valence-electron chi connectivity index (χ3n) is 3.25. The maximum atomic E-state index is 11.8. The molecule has 0 spiro atoms. The topological polar surface area (TPSA) is 69.6 Å². The largest absolute Gasteiger partial charge is 0.478 e. The van der Waals surface area contributed by atoms with Crippen LogP contribution in [0.1, 0.15) is 10.4 Å². The molecule has 0 saturated carbocycles. The Bertz CT molecular complexity index is 745. The number of carbonyl (C=O) groups is 2. The second-order valence-corrected chi connectivity index (χ2v) is 5.53. The van der Waals surface area contributed by atoms with Crippen LogP contribution >= 0.6 is 15.9 Å². The molecular formula is C15H11BrN2O3. The first-order valence-corrected chi connectivity index (χ1v) is 7.05. The van der Waals surface area contributed by atoms with Crippen molar-refractivity contribution in [1.82, 2.24) is 0 Å². The molecule has 0 aromatic heterocycles. The summed E-state index contributed by atoms with van der Waals surface area (Å²) in [5.41, 5.74) is 2.09. The Kier molecular flexibility index (Phi) is 3.39. The van der Waals surface area contributed by atoms with E-state index in [2.05, 4.69) is 21.2 Å². The zero-order valence-corrected chi connectivity index (χ0v) is 12.4. The summed E-state index contributed by atoms with van der Waals surface area (Å²) >= 11 is 3.27. The van der Waals surface area contributed by atoms with Crippen molar-refractivity contribution in [3.8, 4) is 0 Å². The van der Waals surface area contributed by atoms with Crippen LogP contribution in [-0.4, -0.2) is 23.5 Å². The molecule has 1 aliphatic heterocycles. The Balaban J connectivity index is 2.17. The zero-order valence-electron chi connectivity index (χ0n) is 10.8. The van der Waals surface area contributed by atoms with Gasteiger partial charge in [-0.3, -0.25) is 4.79 Å². The number of nitrogens with one attached hydrogen (secondary N) is 1. The number of halogens is 1. The van der Waals surface area contributed by atoms with Gasteiger partial charge in [0.2, 0.25) is 5.91 Å². The number of hydrogen-bond donors (Lipinski definition) is 2. The molecule has 0 aliphatic carbocycles. The van der Waals surface area contributed by atoms with Crippen molar-refractivity contribution in [3.05, 3.63) is 52.5 Å². The Morgan fingerprint density at radius 1 is 1.19 bits per heavy atom. The summed E-state index contributed by atoms with van der Waals surface area (Å²) in [4.78, 5) is 25.0. The highest BCUT2D eigenvalue weighted by atomic mass is 79.9. The van der Waals surface area contributed by atoms with Gasteiger partial charge in [0.1, 0.15) is 6.54 Å². The van der Waals surface area contributed by atoms with Gasteiger partial charge in [-0.15, -0.1) is 0 Å². The van der Waals surface area contributed by atoms with E-state index in [1.165, 1.54) is 6.07 Å². The van der Waals surface area contributed by atoms with Crippen molar-refractivity contribution >= 4 is 44.9 Å². The van der Waals surface area contributed by atoms with E-state index in [4.69, 9.17) is 0 Å². The fraction of sp³-hybridized carbons (Fsp3) is 0.0667. The highest BCUT2D eigenvalue weighted by molar-refractivity contribution is 9.10. The van der Waals surface area contributed by atoms with Crippen LogP contribution < -0.4 is 10.2 Å². The number of aromatic carboxylic acids is 1. The minimum absolute atomic E-state index is 0.0823. The highest BCUT2D eigenvalue weighted by Gasteiger charge is 2.26. The predicted octanol–water partition coefficient (Wildman–Crippen LogP) is 3.24. The fourth-order valence-electron chi connectivity index (χ4n) is 2.36. The van der Waals surface area contributed by atoms with Crippen molar-refractivity contribution in [3.63, 3.8) is 0 Å². The van der Waals surface area contributed by atoms with Gasteiger partial charge in [0.25, 0.3) is 0 Å². The van der Waals surface area contributed by atoms with E-state index >= 15 is 0 Å². The van der Waals surface area contributed by atoms with Crippen molar-refractivity contribution in [1.29, 1.82) is 0 Å². The molecular weight excluding hydrogens is 336 g/mol. The van der Waals surface area contributed by atoms with E-state index in [-0.39, 0.29) is 18.0 Å². The first-order chi connectivity index (χ1) is 10.1.